The molecule has 5 atom stereocenters. The van der Waals surface area contributed by atoms with Crippen LogP contribution in [0.1, 0.15) is 39.0 Å². The van der Waals surface area contributed by atoms with Crippen molar-refractivity contribution in [3.63, 3.8) is 0 Å². The van der Waals surface area contributed by atoms with E-state index in [1.54, 1.807) is 6.92 Å². The molecule has 1 N–H and O–H groups in total. The maximum atomic E-state index is 11.3. The van der Waals surface area contributed by atoms with Crippen molar-refractivity contribution in [1.82, 2.24) is 0 Å². The van der Waals surface area contributed by atoms with Crippen molar-refractivity contribution in [3.05, 3.63) is 0 Å². The molecule has 0 saturated heterocycles. The first-order chi connectivity index (χ1) is 7.38. The largest absolute Gasteiger partial charge is 0.392 e. The first-order valence-electron chi connectivity index (χ1n) is 6.25. The number of fused-ring (bicyclic) bond motifs is 2. The van der Waals surface area contributed by atoms with Crippen molar-refractivity contribution >= 4 is 9.84 Å². The SMILES string of the molecule is CC(C(O)CC1CC2CCC1C2)S(C)(=O)=O. The topological polar surface area (TPSA) is 54.4 Å². The van der Waals surface area contributed by atoms with Crippen LogP contribution in [0.5, 0.6) is 0 Å². The van der Waals surface area contributed by atoms with Gasteiger partial charge in [-0.05, 0) is 50.4 Å². The Bertz CT molecular complexity index is 349. The summed E-state index contributed by atoms with van der Waals surface area (Å²) < 4.78 is 22.7. The third-order valence-corrected chi connectivity index (χ3v) is 6.31. The molecule has 0 radical (unpaired) electrons. The average Bonchev–Trinajstić information content (AvgIpc) is 2.76. The van der Waals surface area contributed by atoms with Crippen molar-refractivity contribution in [2.75, 3.05) is 6.26 Å². The molecular weight excluding hydrogens is 224 g/mol. The lowest BCUT2D eigenvalue weighted by molar-refractivity contribution is 0.123. The standard InChI is InChI=1S/C12H22O3S/c1-8(16(2,14)15)12(13)7-11-6-9-3-4-10(11)5-9/h8-13H,3-7H2,1-2H3. The van der Waals surface area contributed by atoms with Crippen LogP contribution >= 0.6 is 0 Å². The molecule has 0 aromatic heterocycles. The Morgan fingerprint density at radius 2 is 2.00 bits per heavy atom. The average molecular weight is 246 g/mol. The molecule has 2 aliphatic carbocycles. The number of aliphatic hydroxyl groups is 1. The van der Waals surface area contributed by atoms with Crippen LogP contribution in [0, 0.1) is 17.8 Å². The van der Waals surface area contributed by atoms with Crippen LogP contribution in [-0.4, -0.2) is 31.1 Å². The predicted molar refractivity (Wildman–Crippen MR) is 63.9 cm³/mol. The van der Waals surface area contributed by atoms with Crippen molar-refractivity contribution in [2.24, 2.45) is 17.8 Å². The molecule has 0 heterocycles. The van der Waals surface area contributed by atoms with Gasteiger partial charge in [0.2, 0.25) is 0 Å². The third kappa shape index (κ3) is 2.43. The first-order valence-corrected chi connectivity index (χ1v) is 8.20. The minimum Gasteiger partial charge on any atom is -0.392 e. The van der Waals surface area contributed by atoms with Crippen molar-refractivity contribution in [2.45, 2.75) is 50.4 Å². The Morgan fingerprint density at radius 1 is 1.31 bits per heavy atom. The minimum atomic E-state index is -3.11. The van der Waals surface area contributed by atoms with Crippen LogP contribution < -0.4 is 0 Å². The second-order valence-electron chi connectivity index (χ2n) is 5.77. The number of hydrogen-bond acceptors (Lipinski definition) is 3. The zero-order valence-electron chi connectivity index (χ0n) is 10.1. The van der Waals surface area contributed by atoms with Crippen LogP contribution in [0.3, 0.4) is 0 Å². The molecule has 2 rings (SSSR count). The van der Waals surface area contributed by atoms with Gasteiger partial charge in [0.1, 0.15) is 0 Å². The summed E-state index contributed by atoms with van der Waals surface area (Å²) >= 11 is 0. The van der Waals surface area contributed by atoms with Gasteiger partial charge < -0.3 is 5.11 Å². The van der Waals surface area contributed by atoms with Crippen LogP contribution in [0.4, 0.5) is 0 Å². The van der Waals surface area contributed by atoms with E-state index in [1.807, 2.05) is 0 Å². The van der Waals surface area contributed by atoms with E-state index in [9.17, 15) is 13.5 Å². The van der Waals surface area contributed by atoms with Gasteiger partial charge in [-0.3, -0.25) is 0 Å². The van der Waals surface area contributed by atoms with Crippen molar-refractivity contribution in [1.29, 1.82) is 0 Å². The molecule has 0 aromatic rings. The van der Waals surface area contributed by atoms with E-state index in [0.29, 0.717) is 12.3 Å². The fraction of sp³-hybridized carbons (Fsp3) is 1.00. The van der Waals surface area contributed by atoms with Gasteiger partial charge in [0, 0.05) is 6.26 Å². The molecule has 3 nitrogen and oxygen atoms in total. The highest BCUT2D eigenvalue weighted by Gasteiger charge is 2.41. The minimum absolute atomic E-state index is 0.568. The molecule has 0 aromatic carbocycles. The van der Waals surface area contributed by atoms with Gasteiger partial charge in [-0.2, -0.15) is 0 Å². The van der Waals surface area contributed by atoms with Crippen LogP contribution in [-0.2, 0) is 9.84 Å². The second-order valence-corrected chi connectivity index (χ2v) is 8.18. The van der Waals surface area contributed by atoms with E-state index in [-0.39, 0.29) is 0 Å². The number of sulfone groups is 1. The van der Waals surface area contributed by atoms with Crippen LogP contribution in [0.25, 0.3) is 0 Å². The van der Waals surface area contributed by atoms with Crippen molar-refractivity contribution < 1.29 is 13.5 Å². The molecule has 0 spiro atoms. The van der Waals surface area contributed by atoms with E-state index in [1.165, 1.54) is 31.9 Å². The highest BCUT2D eigenvalue weighted by atomic mass is 32.2. The lowest BCUT2D eigenvalue weighted by Crippen LogP contribution is -2.33. The van der Waals surface area contributed by atoms with Gasteiger partial charge >= 0.3 is 0 Å². The van der Waals surface area contributed by atoms with Crippen molar-refractivity contribution in [3.8, 4) is 0 Å². The molecule has 0 amide bonds. The number of aliphatic hydroxyl groups excluding tert-OH is 1. The molecule has 2 saturated carbocycles. The summed E-state index contributed by atoms with van der Waals surface area (Å²) in [5.41, 5.74) is 0. The summed E-state index contributed by atoms with van der Waals surface area (Å²) in [4.78, 5) is 0. The fourth-order valence-electron chi connectivity index (χ4n) is 3.45. The summed E-state index contributed by atoms with van der Waals surface area (Å²) in [5, 5.41) is 9.34. The fourth-order valence-corrected chi connectivity index (χ4v) is 4.13. The monoisotopic (exact) mass is 246 g/mol. The van der Waals surface area contributed by atoms with Gasteiger partial charge in [0.15, 0.2) is 9.84 Å². The molecule has 2 bridgehead atoms. The van der Waals surface area contributed by atoms with E-state index in [4.69, 9.17) is 0 Å². The Morgan fingerprint density at radius 3 is 2.44 bits per heavy atom. The zero-order chi connectivity index (χ0) is 11.9. The molecule has 2 fully saturated rings. The molecule has 94 valence electrons. The molecule has 16 heavy (non-hydrogen) atoms. The first kappa shape index (κ1) is 12.4. The maximum Gasteiger partial charge on any atom is 0.152 e. The molecule has 2 aliphatic rings. The highest BCUT2D eigenvalue weighted by Crippen LogP contribution is 2.50. The Labute approximate surface area is 98.2 Å². The van der Waals surface area contributed by atoms with E-state index < -0.39 is 21.2 Å². The number of hydrogen-bond donors (Lipinski definition) is 1. The normalized spacial score (nSPS) is 37.6. The lowest BCUT2D eigenvalue weighted by atomic mass is 9.84. The lowest BCUT2D eigenvalue weighted by Gasteiger charge is -2.26. The molecule has 0 aliphatic heterocycles. The quantitative estimate of drug-likeness (QED) is 0.820. The zero-order valence-corrected chi connectivity index (χ0v) is 10.9. The van der Waals surface area contributed by atoms with E-state index in [0.717, 1.165) is 11.8 Å². The van der Waals surface area contributed by atoms with Crippen LogP contribution in [0.15, 0.2) is 0 Å². The second kappa shape index (κ2) is 4.30. The van der Waals surface area contributed by atoms with E-state index in [2.05, 4.69) is 0 Å². The Hall–Kier alpha value is -0.0900. The van der Waals surface area contributed by atoms with Gasteiger partial charge in [0.05, 0.1) is 11.4 Å². The molecular formula is C12H22O3S. The summed E-state index contributed by atoms with van der Waals surface area (Å²) in [6.45, 7) is 1.62. The van der Waals surface area contributed by atoms with Gasteiger partial charge in [-0.1, -0.05) is 6.42 Å². The Kier molecular flexibility index (Phi) is 3.32. The summed E-state index contributed by atoms with van der Waals surface area (Å²) in [6.07, 6.45) is 6.35. The van der Waals surface area contributed by atoms with Gasteiger partial charge in [-0.15, -0.1) is 0 Å². The van der Waals surface area contributed by atoms with Crippen LogP contribution in [0.2, 0.25) is 0 Å². The third-order valence-electron chi connectivity index (χ3n) is 4.65. The molecule has 4 heteroatoms. The maximum absolute atomic E-state index is 11.3. The van der Waals surface area contributed by atoms with Gasteiger partial charge in [0.25, 0.3) is 0 Å². The Balaban J connectivity index is 1.90. The predicted octanol–water partition coefficient (Wildman–Crippen LogP) is 1.61. The summed E-state index contributed by atoms with van der Waals surface area (Å²) in [6, 6.07) is 0. The highest BCUT2D eigenvalue weighted by molar-refractivity contribution is 7.91. The van der Waals surface area contributed by atoms with Gasteiger partial charge in [-0.25, -0.2) is 8.42 Å². The molecule has 5 unspecified atom stereocenters. The summed E-state index contributed by atoms with van der Waals surface area (Å²) in [7, 11) is -3.11. The summed E-state index contributed by atoms with van der Waals surface area (Å²) in [5.74, 6) is 2.18. The number of rotatable bonds is 4. The van der Waals surface area contributed by atoms with E-state index >= 15 is 0 Å². The smallest absolute Gasteiger partial charge is 0.152 e.